The molecule has 0 N–H and O–H groups in total. The standard InChI is InChI=1S/C18H35S/c1-2-3-4-5-6-7-8-9-10-11-12-13-14-15-16-17-18-19/h17-18H,2-16H2,1H3/b18-17+. The predicted molar refractivity (Wildman–Crippen MR) is 91.7 cm³/mol. The second kappa shape index (κ2) is 18.0. The summed E-state index contributed by atoms with van der Waals surface area (Å²) < 4.78 is 0. The van der Waals surface area contributed by atoms with Gasteiger partial charge in [-0.05, 0) is 18.2 Å². The molecular formula is C18H35S. The maximum Gasteiger partial charge on any atom is -0.00265 e. The van der Waals surface area contributed by atoms with Crippen LogP contribution in [0.25, 0.3) is 0 Å². The second-order valence-electron chi connectivity index (χ2n) is 5.76. The van der Waals surface area contributed by atoms with Gasteiger partial charge in [-0.2, -0.15) is 0 Å². The second-order valence-corrected chi connectivity index (χ2v) is 6.03. The Kier molecular flexibility index (Phi) is 17.9. The van der Waals surface area contributed by atoms with E-state index in [1.165, 1.54) is 96.3 Å². The Labute approximate surface area is 127 Å². The van der Waals surface area contributed by atoms with Crippen LogP contribution in [0, 0.1) is 0 Å². The van der Waals surface area contributed by atoms with E-state index in [9.17, 15) is 0 Å². The van der Waals surface area contributed by atoms with E-state index < -0.39 is 0 Å². The molecule has 0 heterocycles. The van der Waals surface area contributed by atoms with Gasteiger partial charge < -0.3 is 0 Å². The van der Waals surface area contributed by atoms with E-state index >= 15 is 0 Å². The average molecular weight is 284 g/mol. The number of allylic oxidation sites excluding steroid dienone is 1. The van der Waals surface area contributed by atoms with Gasteiger partial charge >= 0.3 is 0 Å². The van der Waals surface area contributed by atoms with E-state index in [0.717, 1.165) is 0 Å². The van der Waals surface area contributed by atoms with Gasteiger partial charge in [0.15, 0.2) is 0 Å². The minimum atomic E-state index is 1.18. The first-order valence-corrected chi connectivity index (χ1v) is 9.16. The van der Waals surface area contributed by atoms with Crippen LogP contribution in [0.5, 0.6) is 0 Å². The maximum absolute atomic E-state index is 4.77. The van der Waals surface area contributed by atoms with E-state index in [0.29, 0.717) is 0 Å². The van der Waals surface area contributed by atoms with Crippen LogP contribution in [0.1, 0.15) is 103 Å². The summed E-state index contributed by atoms with van der Waals surface area (Å²) in [4.78, 5) is 0. The largest absolute Gasteiger partial charge is 0.0891 e. The summed E-state index contributed by atoms with van der Waals surface area (Å²) in [5.41, 5.74) is 0. The number of unbranched alkanes of at least 4 members (excludes halogenated alkanes) is 14. The van der Waals surface area contributed by atoms with Crippen molar-refractivity contribution in [1.29, 1.82) is 0 Å². The zero-order valence-corrected chi connectivity index (χ0v) is 14.0. The van der Waals surface area contributed by atoms with Gasteiger partial charge in [-0.1, -0.05) is 109 Å². The average Bonchev–Trinajstić information content (AvgIpc) is 2.43. The Hall–Kier alpha value is -0.0400. The van der Waals surface area contributed by atoms with Gasteiger partial charge in [-0.3, -0.25) is 0 Å². The van der Waals surface area contributed by atoms with Gasteiger partial charge in [0.2, 0.25) is 0 Å². The third-order valence-corrected chi connectivity index (χ3v) is 4.01. The molecule has 0 unspecified atom stereocenters. The molecule has 0 saturated heterocycles. The predicted octanol–water partition coefficient (Wildman–Crippen LogP) is 7.57. The fourth-order valence-corrected chi connectivity index (χ4v) is 2.66. The van der Waals surface area contributed by atoms with Crippen LogP contribution in [-0.4, -0.2) is 0 Å². The van der Waals surface area contributed by atoms with E-state index in [4.69, 9.17) is 12.6 Å². The Bertz CT molecular complexity index is 175. The molecule has 0 aromatic heterocycles. The summed E-state index contributed by atoms with van der Waals surface area (Å²) >= 11 is 4.77. The molecule has 0 aliphatic rings. The van der Waals surface area contributed by atoms with Gasteiger partial charge in [-0.15, -0.1) is 0 Å². The molecule has 0 aliphatic heterocycles. The summed E-state index contributed by atoms with van der Waals surface area (Å²) in [7, 11) is 0. The topological polar surface area (TPSA) is 0 Å². The molecule has 0 atom stereocenters. The van der Waals surface area contributed by atoms with Crippen molar-refractivity contribution in [2.75, 3.05) is 0 Å². The quantitative estimate of drug-likeness (QED) is 0.272. The van der Waals surface area contributed by atoms with Crippen LogP contribution in [0.3, 0.4) is 0 Å². The maximum atomic E-state index is 4.77. The summed E-state index contributed by atoms with van der Waals surface area (Å²) in [6.07, 6.45) is 23.4. The molecule has 0 nitrogen and oxygen atoms in total. The third-order valence-electron chi connectivity index (χ3n) is 3.82. The van der Waals surface area contributed by atoms with Crippen molar-refractivity contribution < 1.29 is 0 Å². The Balaban J connectivity index is 2.91. The molecule has 0 saturated carbocycles. The first-order valence-electron chi connectivity index (χ1n) is 8.68. The Morgan fingerprint density at radius 2 is 0.947 bits per heavy atom. The van der Waals surface area contributed by atoms with E-state index in [1.807, 2.05) is 0 Å². The van der Waals surface area contributed by atoms with Gasteiger partial charge in [0.05, 0.1) is 0 Å². The highest BCUT2D eigenvalue weighted by Gasteiger charge is 1.93. The van der Waals surface area contributed by atoms with Gasteiger partial charge in [0.25, 0.3) is 0 Å². The molecule has 0 spiro atoms. The lowest BCUT2D eigenvalue weighted by Crippen LogP contribution is -1.83. The number of hydrogen-bond acceptors (Lipinski definition) is 0. The first-order chi connectivity index (χ1) is 9.41. The lowest BCUT2D eigenvalue weighted by atomic mass is 10.0. The van der Waals surface area contributed by atoms with Crippen molar-refractivity contribution in [3.8, 4) is 0 Å². The minimum Gasteiger partial charge on any atom is -0.0891 e. The summed E-state index contributed by atoms with van der Waals surface area (Å²) in [5.74, 6) is 0. The highest BCUT2D eigenvalue weighted by molar-refractivity contribution is 7.83. The summed E-state index contributed by atoms with van der Waals surface area (Å²) in [6, 6.07) is 0. The van der Waals surface area contributed by atoms with E-state index in [2.05, 4.69) is 13.0 Å². The summed E-state index contributed by atoms with van der Waals surface area (Å²) in [6.45, 7) is 2.29. The molecule has 0 rings (SSSR count). The van der Waals surface area contributed by atoms with Crippen LogP contribution in [0.2, 0.25) is 0 Å². The highest BCUT2D eigenvalue weighted by atomic mass is 32.1. The molecule has 0 aliphatic carbocycles. The normalized spacial score (nSPS) is 11.4. The summed E-state index contributed by atoms with van der Waals surface area (Å²) in [5, 5.41) is 1.75. The molecule has 0 fully saturated rings. The Morgan fingerprint density at radius 3 is 1.32 bits per heavy atom. The highest BCUT2D eigenvalue weighted by Crippen LogP contribution is 2.13. The molecular weight excluding hydrogens is 248 g/mol. The molecule has 1 heteroatoms. The first kappa shape index (κ1) is 19.0. The van der Waals surface area contributed by atoms with Crippen molar-refractivity contribution in [3.63, 3.8) is 0 Å². The van der Waals surface area contributed by atoms with Crippen molar-refractivity contribution >= 4 is 12.6 Å². The lowest BCUT2D eigenvalue weighted by molar-refractivity contribution is 0.536. The lowest BCUT2D eigenvalue weighted by Gasteiger charge is -2.02. The molecule has 1 radical (unpaired) electrons. The van der Waals surface area contributed by atoms with E-state index in [-0.39, 0.29) is 0 Å². The van der Waals surface area contributed by atoms with Crippen LogP contribution < -0.4 is 0 Å². The molecule has 113 valence electrons. The molecule has 0 aromatic carbocycles. The zero-order valence-electron chi connectivity index (χ0n) is 13.2. The molecule has 0 aromatic rings. The Morgan fingerprint density at radius 1 is 0.579 bits per heavy atom. The van der Waals surface area contributed by atoms with Crippen molar-refractivity contribution in [3.05, 3.63) is 11.5 Å². The van der Waals surface area contributed by atoms with Gasteiger partial charge in [0.1, 0.15) is 0 Å². The fourth-order valence-electron chi connectivity index (χ4n) is 2.52. The van der Waals surface area contributed by atoms with Crippen LogP contribution in [0.4, 0.5) is 0 Å². The van der Waals surface area contributed by atoms with Gasteiger partial charge in [0, 0.05) is 0 Å². The smallest absolute Gasteiger partial charge is 0.00265 e. The third kappa shape index (κ3) is 18.0. The van der Waals surface area contributed by atoms with Crippen molar-refractivity contribution in [1.82, 2.24) is 0 Å². The molecule has 0 bridgehead atoms. The zero-order chi connectivity index (χ0) is 14.0. The van der Waals surface area contributed by atoms with Crippen molar-refractivity contribution in [2.24, 2.45) is 0 Å². The van der Waals surface area contributed by atoms with Gasteiger partial charge in [-0.25, -0.2) is 0 Å². The van der Waals surface area contributed by atoms with E-state index in [1.54, 1.807) is 5.41 Å². The van der Waals surface area contributed by atoms with Crippen LogP contribution >= 0.6 is 12.6 Å². The molecule has 0 amide bonds. The minimum absolute atomic E-state index is 1.18. The fraction of sp³-hybridized carbons (Fsp3) is 0.889. The monoisotopic (exact) mass is 283 g/mol. The van der Waals surface area contributed by atoms with Crippen molar-refractivity contribution in [2.45, 2.75) is 103 Å². The number of hydrogen-bond donors (Lipinski definition) is 0. The molecule has 19 heavy (non-hydrogen) atoms. The van der Waals surface area contributed by atoms with Crippen LogP contribution in [-0.2, 0) is 0 Å². The van der Waals surface area contributed by atoms with Crippen LogP contribution in [0.15, 0.2) is 11.5 Å². The number of rotatable bonds is 15. The SMILES string of the molecule is CCCCCCCCCCCCCCCC/C=C/[S].